The number of carbonyl (C=O) groups excluding carboxylic acids is 2. The van der Waals surface area contributed by atoms with Crippen LogP contribution in [-0.2, 0) is 32.8 Å². The van der Waals surface area contributed by atoms with Crippen LogP contribution in [0, 0.1) is 5.92 Å². The quantitative estimate of drug-likeness (QED) is 0.567. The molecule has 2 aromatic carbocycles. The minimum Gasteiger partial charge on any atom is -0.341 e. The van der Waals surface area contributed by atoms with Gasteiger partial charge >= 0.3 is 12.2 Å². The lowest BCUT2D eigenvalue weighted by atomic mass is 9.93. The third-order valence-electron chi connectivity index (χ3n) is 7.91. The number of nitrogens with zero attached hydrogens (tertiary/aromatic N) is 2. The van der Waals surface area contributed by atoms with E-state index in [0.29, 0.717) is 36.9 Å². The van der Waals surface area contributed by atoms with Gasteiger partial charge in [-0.1, -0.05) is 36.4 Å². The third-order valence-corrected chi connectivity index (χ3v) is 7.91. The third kappa shape index (κ3) is 4.32. The molecule has 38 heavy (non-hydrogen) atoms. The van der Waals surface area contributed by atoms with Gasteiger partial charge < -0.3 is 25.0 Å². The Morgan fingerprint density at radius 3 is 2.63 bits per heavy atom. The van der Waals surface area contributed by atoms with Crippen molar-refractivity contribution in [2.75, 3.05) is 18.9 Å². The number of urea groups is 1. The van der Waals surface area contributed by atoms with E-state index in [1.165, 1.54) is 7.05 Å². The Hall–Kier alpha value is -3.15. The highest BCUT2D eigenvalue weighted by molar-refractivity contribution is 5.89. The lowest BCUT2D eigenvalue weighted by Gasteiger charge is -2.41. The summed E-state index contributed by atoms with van der Waals surface area (Å²) in [6.07, 6.45) is -3.66. The number of alkyl halides is 3. The number of benzene rings is 2. The van der Waals surface area contributed by atoms with E-state index in [-0.39, 0.29) is 19.1 Å². The summed E-state index contributed by atoms with van der Waals surface area (Å²) in [5, 5.41) is 5.26. The highest BCUT2D eigenvalue weighted by Crippen LogP contribution is 2.56. The van der Waals surface area contributed by atoms with Gasteiger partial charge in [0.05, 0.1) is 6.54 Å². The molecule has 3 amide bonds. The van der Waals surface area contributed by atoms with Crippen LogP contribution in [0.3, 0.4) is 0 Å². The predicted octanol–water partition coefficient (Wildman–Crippen LogP) is 3.92. The minimum atomic E-state index is -4.52. The SMILES string of the molecule is CNC(=O)Nc1ccc2c(c1)CCC21OC2OC1N2CC(=O)N(Cc1ccccc1)[C@H](C1CC1)C(F)(F)F. The molecular weight excluding hydrogens is 501 g/mol. The summed E-state index contributed by atoms with van der Waals surface area (Å²) in [4.78, 5) is 27.9. The second-order valence-electron chi connectivity index (χ2n) is 10.4. The van der Waals surface area contributed by atoms with Gasteiger partial charge in [-0.3, -0.25) is 4.79 Å². The number of anilines is 1. The van der Waals surface area contributed by atoms with Crippen molar-refractivity contribution in [1.29, 1.82) is 0 Å². The number of aryl methyl sites for hydroxylation is 1. The topological polar surface area (TPSA) is 83.1 Å². The van der Waals surface area contributed by atoms with Gasteiger partial charge in [0, 0.05) is 19.3 Å². The van der Waals surface area contributed by atoms with Crippen LogP contribution in [0.2, 0.25) is 0 Å². The zero-order valence-corrected chi connectivity index (χ0v) is 20.8. The normalized spacial score (nSPS) is 26.5. The first kappa shape index (κ1) is 25.1. The Balaban J connectivity index is 1.21. The molecular formula is C27H29F3N4O4. The van der Waals surface area contributed by atoms with Crippen molar-refractivity contribution in [1.82, 2.24) is 15.1 Å². The predicted molar refractivity (Wildman–Crippen MR) is 131 cm³/mol. The second kappa shape index (κ2) is 9.25. The summed E-state index contributed by atoms with van der Waals surface area (Å²) in [6.45, 7) is -0.338. The number of rotatable bonds is 7. The molecule has 11 heteroatoms. The molecule has 3 saturated heterocycles. The van der Waals surface area contributed by atoms with Crippen molar-refractivity contribution in [3.8, 4) is 0 Å². The minimum absolute atomic E-state index is 0.111. The summed E-state index contributed by atoms with van der Waals surface area (Å²) in [5.41, 5.74) is 2.41. The smallest absolute Gasteiger partial charge is 0.341 e. The number of hydrogen-bond donors (Lipinski definition) is 2. The molecule has 4 fully saturated rings. The number of amides is 3. The van der Waals surface area contributed by atoms with E-state index >= 15 is 0 Å². The zero-order chi connectivity index (χ0) is 26.7. The van der Waals surface area contributed by atoms with Crippen molar-refractivity contribution < 1.29 is 32.2 Å². The first-order chi connectivity index (χ1) is 18.2. The average molecular weight is 531 g/mol. The molecule has 2 aliphatic carbocycles. The molecule has 3 heterocycles. The summed E-state index contributed by atoms with van der Waals surface area (Å²) in [6, 6.07) is 12.2. The molecule has 7 rings (SSSR count). The number of nitrogens with one attached hydrogen (secondary N) is 2. The molecule has 2 N–H and O–H groups in total. The van der Waals surface area contributed by atoms with Gasteiger partial charge in [-0.15, -0.1) is 0 Å². The maximum Gasteiger partial charge on any atom is 0.409 e. The Morgan fingerprint density at radius 2 is 1.95 bits per heavy atom. The molecule has 8 nitrogen and oxygen atoms in total. The largest absolute Gasteiger partial charge is 0.409 e. The monoisotopic (exact) mass is 530 g/mol. The van der Waals surface area contributed by atoms with Crippen LogP contribution in [0.1, 0.15) is 36.0 Å². The average Bonchev–Trinajstić information content (AvgIpc) is 3.44. The molecule has 1 saturated carbocycles. The van der Waals surface area contributed by atoms with E-state index < -0.39 is 42.3 Å². The maximum absolute atomic E-state index is 14.2. The van der Waals surface area contributed by atoms with Crippen molar-refractivity contribution in [2.24, 2.45) is 5.92 Å². The standard InChI is InChI=1S/C27H29F3N4O4/c1-31-24(36)32-19-9-10-20-18(13-19)11-12-26(20)23-34(25(37-23)38-26)15-21(35)33(14-16-5-3-2-4-6-16)22(17-7-8-17)27(28,29)30/h2-6,9-10,13,17,22-23,25H,7-8,11-12,14-15H2,1H3,(H2,31,32,36)/t22-,23?,25?,26?/m1/s1. The van der Waals surface area contributed by atoms with E-state index in [1.807, 2.05) is 12.1 Å². The highest BCUT2D eigenvalue weighted by atomic mass is 19.4. The lowest BCUT2D eigenvalue weighted by molar-refractivity contribution is -0.285. The molecule has 3 unspecified atom stereocenters. The van der Waals surface area contributed by atoms with E-state index in [0.717, 1.165) is 16.0 Å². The number of fused-ring (bicyclic) bond motifs is 1. The van der Waals surface area contributed by atoms with Crippen molar-refractivity contribution in [2.45, 2.75) is 62.7 Å². The van der Waals surface area contributed by atoms with Crippen molar-refractivity contribution in [3.05, 3.63) is 65.2 Å². The molecule has 1 spiro atoms. The van der Waals surface area contributed by atoms with Gasteiger partial charge in [-0.25, -0.2) is 9.69 Å². The summed E-state index contributed by atoms with van der Waals surface area (Å²) in [5.74, 6) is -1.17. The van der Waals surface area contributed by atoms with E-state index in [2.05, 4.69) is 10.6 Å². The molecule has 202 valence electrons. The number of carbonyl (C=O) groups is 2. The summed E-state index contributed by atoms with van der Waals surface area (Å²) < 4.78 is 54.7. The first-order valence-electron chi connectivity index (χ1n) is 12.8. The molecule has 5 aliphatic rings. The molecule has 0 aromatic heterocycles. The van der Waals surface area contributed by atoms with Crippen LogP contribution in [0.4, 0.5) is 23.7 Å². The van der Waals surface area contributed by atoms with E-state index in [9.17, 15) is 22.8 Å². The van der Waals surface area contributed by atoms with Crippen molar-refractivity contribution >= 4 is 17.6 Å². The fraction of sp³-hybridized carbons (Fsp3) is 0.481. The maximum atomic E-state index is 14.2. The van der Waals surface area contributed by atoms with Crippen LogP contribution in [-0.4, -0.2) is 60.2 Å². The van der Waals surface area contributed by atoms with E-state index in [4.69, 9.17) is 9.47 Å². The van der Waals surface area contributed by atoms with Gasteiger partial charge in [0.2, 0.25) is 12.3 Å². The molecule has 4 atom stereocenters. The Bertz CT molecular complexity index is 1240. The van der Waals surface area contributed by atoms with Crippen LogP contribution in [0.15, 0.2) is 48.5 Å². The fourth-order valence-electron chi connectivity index (χ4n) is 5.98. The van der Waals surface area contributed by atoms with Gasteiger partial charge in [-0.05, 0) is 60.4 Å². The molecule has 2 bridgehead atoms. The van der Waals surface area contributed by atoms with Gasteiger partial charge in [0.1, 0.15) is 11.6 Å². The molecule has 3 aliphatic heterocycles. The Kier molecular flexibility index (Phi) is 6.12. The van der Waals surface area contributed by atoms with Crippen LogP contribution in [0.25, 0.3) is 0 Å². The molecule has 0 radical (unpaired) electrons. The highest BCUT2D eigenvalue weighted by Gasteiger charge is 2.67. The Morgan fingerprint density at radius 1 is 1.18 bits per heavy atom. The number of halogens is 3. The van der Waals surface area contributed by atoms with Crippen LogP contribution < -0.4 is 10.6 Å². The lowest BCUT2D eigenvalue weighted by Crippen LogP contribution is -2.60. The van der Waals surface area contributed by atoms with Gasteiger partial charge in [0.15, 0.2) is 6.23 Å². The number of ether oxygens (including phenoxy) is 2. The van der Waals surface area contributed by atoms with Crippen LogP contribution >= 0.6 is 0 Å². The summed E-state index contributed by atoms with van der Waals surface area (Å²) >= 11 is 0. The van der Waals surface area contributed by atoms with Gasteiger partial charge in [-0.2, -0.15) is 13.2 Å². The van der Waals surface area contributed by atoms with Crippen LogP contribution in [0.5, 0.6) is 0 Å². The Labute approximate surface area is 218 Å². The zero-order valence-electron chi connectivity index (χ0n) is 20.8. The fourth-order valence-corrected chi connectivity index (χ4v) is 5.98. The first-order valence-corrected chi connectivity index (χ1v) is 12.8. The number of hydrogen-bond acceptors (Lipinski definition) is 5. The molecule has 2 aromatic rings. The van der Waals surface area contributed by atoms with Crippen molar-refractivity contribution in [3.63, 3.8) is 0 Å². The van der Waals surface area contributed by atoms with E-state index in [1.54, 1.807) is 41.3 Å². The van der Waals surface area contributed by atoms with Gasteiger partial charge in [0.25, 0.3) is 0 Å². The summed E-state index contributed by atoms with van der Waals surface area (Å²) in [7, 11) is 1.53. The second-order valence-corrected chi connectivity index (χ2v) is 10.4.